The Morgan fingerprint density at radius 2 is 1.92 bits per heavy atom. The maximum Gasteiger partial charge on any atom is 0.189 e. The Kier molecular flexibility index (Phi) is 7.53. The number of guanidine groups is 1. The summed E-state index contributed by atoms with van der Waals surface area (Å²) in [5.74, 6) is 1.35. The van der Waals surface area contributed by atoms with Gasteiger partial charge in [-0.15, -0.1) is 0 Å². The summed E-state index contributed by atoms with van der Waals surface area (Å²) in [7, 11) is 1.68. The van der Waals surface area contributed by atoms with Crippen molar-refractivity contribution in [2.45, 2.75) is 45.8 Å². The number of aliphatic imine (C=N–C) groups is 1. The minimum Gasteiger partial charge on any atom is -0.383 e. The number of nitrogens with one attached hydrogen (secondary N) is 1. The van der Waals surface area contributed by atoms with Crippen molar-refractivity contribution in [3.63, 3.8) is 0 Å². The Bertz CT molecular complexity index is 507. The normalized spacial score (nSPS) is 18.5. The van der Waals surface area contributed by atoms with Crippen molar-refractivity contribution in [1.29, 1.82) is 0 Å². The van der Waals surface area contributed by atoms with Crippen molar-refractivity contribution in [2.75, 3.05) is 26.8 Å². The topological polar surface area (TPSA) is 62.9 Å². The van der Waals surface area contributed by atoms with Crippen LogP contribution < -0.4 is 11.1 Å². The lowest BCUT2D eigenvalue weighted by Gasteiger charge is -2.30. The number of piperidine rings is 1. The van der Waals surface area contributed by atoms with Gasteiger partial charge in [0.1, 0.15) is 0 Å². The summed E-state index contributed by atoms with van der Waals surface area (Å²) in [6.07, 6.45) is 2.64. The van der Waals surface area contributed by atoms with Crippen molar-refractivity contribution in [3.8, 4) is 0 Å². The van der Waals surface area contributed by atoms with Crippen molar-refractivity contribution in [3.05, 3.63) is 35.4 Å². The summed E-state index contributed by atoms with van der Waals surface area (Å²) < 4.78 is 5.07. The summed E-state index contributed by atoms with van der Waals surface area (Å²) >= 11 is 0. The maximum absolute atomic E-state index is 5.89. The van der Waals surface area contributed by atoms with E-state index in [1.165, 1.54) is 37.1 Å². The Labute approximate surface area is 146 Å². The zero-order valence-corrected chi connectivity index (χ0v) is 15.3. The second-order valence-electron chi connectivity index (χ2n) is 6.98. The number of likely N-dealkylation sites (tertiary alicyclic amines) is 1. The first-order valence-corrected chi connectivity index (χ1v) is 8.92. The molecule has 0 radical (unpaired) electrons. The summed E-state index contributed by atoms with van der Waals surface area (Å²) in [4.78, 5) is 6.94. The molecule has 0 saturated carbocycles. The monoisotopic (exact) mass is 332 g/mol. The largest absolute Gasteiger partial charge is 0.383 e. The predicted octanol–water partition coefficient (Wildman–Crippen LogP) is 2.36. The van der Waals surface area contributed by atoms with Gasteiger partial charge in [-0.1, -0.05) is 31.2 Å². The Hall–Kier alpha value is -1.59. The minimum absolute atomic E-state index is 0.161. The van der Waals surface area contributed by atoms with Crippen molar-refractivity contribution in [2.24, 2.45) is 16.6 Å². The lowest BCUT2D eigenvalue weighted by atomic mass is 9.99. The SMILES string of the molecule is COCC(C)NC(N)=NCc1ccc(CN2CCC(C)CC2)cc1. The number of methoxy groups -OCH3 is 1. The second-order valence-corrected chi connectivity index (χ2v) is 6.98. The summed E-state index contributed by atoms with van der Waals surface area (Å²) in [6, 6.07) is 8.88. The zero-order chi connectivity index (χ0) is 17.4. The first-order chi connectivity index (χ1) is 11.6. The number of nitrogens with zero attached hydrogens (tertiary/aromatic N) is 2. The molecule has 1 fully saturated rings. The number of rotatable bonds is 7. The van der Waals surface area contributed by atoms with Gasteiger partial charge in [0.15, 0.2) is 5.96 Å². The molecule has 1 aromatic carbocycles. The van der Waals surface area contributed by atoms with Crippen LogP contribution in [-0.4, -0.2) is 43.7 Å². The molecule has 0 spiro atoms. The first-order valence-electron chi connectivity index (χ1n) is 8.92. The third kappa shape index (κ3) is 6.49. The molecule has 1 aliphatic rings. The zero-order valence-electron chi connectivity index (χ0n) is 15.3. The molecule has 134 valence electrons. The van der Waals surface area contributed by atoms with Gasteiger partial charge >= 0.3 is 0 Å². The average Bonchev–Trinajstić information content (AvgIpc) is 2.56. The van der Waals surface area contributed by atoms with Crippen LogP contribution in [0.1, 0.15) is 37.8 Å². The van der Waals surface area contributed by atoms with E-state index in [1.54, 1.807) is 7.11 Å². The molecular formula is C19H32N4O. The van der Waals surface area contributed by atoms with Crippen LogP contribution >= 0.6 is 0 Å². The van der Waals surface area contributed by atoms with Crippen LogP contribution in [0.3, 0.4) is 0 Å². The van der Waals surface area contributed by atoms with Crippen LogP contribution in [0.2, 0.25) is 0 Å². The molecule has 1 aromatic rings. The average molecular weight is 332 g/mol. The molecule has 1 atom stereocenters. The highest BCUT2D eigenvalue weighted by Gasteiger charge is 2.15. The fourth-order valence-electron chi connectivity index (χ4n) is 2.99. The quantitative estimate of drug-likeness (QED) is 0.594. The lowest BCUT2D eigenvalue weighted by molar-refractivity contribution is 0.179. The van der Waals surface area contributed by atoms with Gasteiger partial charge in [-0.3, -0.25) is 4.90 Å². The molecule has 1 heterocycles. The molecule has 5 nitrogen and oxygen atoms in total. The Balaban J connectivity index is 1.79. The van der Waals surface area contributed by atoms with Crippen LogP contribution in [-0.2, 0) is 17.8 Å². The van der Waals surface area contributed by atoms with Gasteiger partial charge in [-0.05, 0) is 49.9 Å². The van der Waals surface area contributed by atoms with Crippen LogP contribution in [0.5, 0.6) is 0 Å². The third-order valence-corrected chi connectivity index (χ3v) is 4.55. The minimum atomic E-state index is 0.161. The van der Waals surface area contributed by atoms with E-state index in [1.807, 2.05) is 6.92 Å². The standard InChI is InChI=1S/C19H32N4O/c1-15-8-10-23(11-9-15)13-18-6-4-17(5-7-18)12-21-19(20)22-16(2)14-24-3/h4-7,15-16H,8-14H2,1-3H3,(H3,20,21,22). The van der Waals surface area contributed by atoms with E-state index < -0.39 is 0 Å². The highest BCUT2D eigenvalue weighted by molar-refractivity contribution is 5.78. The van der Waals surface area contributed by atoms with Crippen molar-refractivity contribution < 1.29 is 4.74 Å². The van der Waals surface area contributed by atoms with E-state index in [4.69, 9.17) is 10.5 Å². The van der Waals surface area contributed by atoms with Gasteiger partial charge in [0, 0.05) is 19.7 Å². The van der Waals surface area contributed by atoms with Crippen molar-refractivity contribution in [1.82, 2.24) is 10.2 Å². The first kappa shape index (κ1) is 18.7. The number of hydrogen-bond donors (Lipinski definition) is 2. The molecule has 5 heteroatoms. The van der Waals surface area contributed by atoms with Gasteiger partial charge in [-0.25, -0.2) is 4.99 Å². The molecule has 0 aliphatic carbocycles. The van der Waals surface area contributed by atoms with E-state index in [2.05, 4.69) is 46.4 Å². The van der Waals surface area contributed by atoms with Gasteiger partial charge in [0.25, 0.3) is 0 Å². The summed E-state index contributed by atoms with van der Waals surface area (Å²) in [5, 5.41) is 3.12. The third-order valence-electron chi connectivity index (χ3n) is 4.55. The predicted molar refractivity (Wildman–Crippen MR) is 99.9 cm³/mol. The number of hydrogen-bond acceptors (Lipinski definition) is 3. The lowest BCUT2D eigenvalue weighted by Crippen LogP contribution is -2.40. The van der Waals surface area contributed by atoms with Crippen LogP contribution in [0, 0.1) is 5.92 Å². The second kappa shape index (κ2) is 9.64. The molecule has 3 N–H and O–H groups in total. The molecule has 24 heavy (non-hydrogen) atoms. The van der Waals surface area contributed by atoms with Gasteiger partial charge in [0.2, 0.25) is 0 Å². The van der Waals surface area contributed by atoms with Crippen molar-refractivity contribution >= 4 is 5.96 Å². The molecular weight excluding hydrogens is 300 g/mol. The maximum atomic E-state index is 5.89. The molecule has 1 aliphatic heterocycles. The number of benzene rings is 1. The molecule has 1 saturated heterocycles. The highest BCUT2D eigenvalue weighted by atomic mass is 16.5. The van der Waals surface area contributed by atoms with Crippen LogP contribution in [0.25, 0.3) is 0 Å². The molecule has 0 amide bonds. The van der Waals surface area contributed by atoms with E-state index in [9.17, 15) is 0 Å². The highest BCUT2D eigenvalue weighted by Crippen LogP contribution is 2.18. The molecule has 0 aromatic heterocycles. The van der Waals surface area contributed by atoms with Gasteiger partial charge < -0.3 is 15.8 Å². The fraction of sp³-hybridized carbons (Fsp3) is 0.632. The summed E-state index contributed by atoms with van der Waals surface area (Å²) in [5.41, 5.74) is 8.44. The Morgan fingerprint density at radius 3 is 2.54 bits per heavy atom. The fourth-order valence-corrected chi connectivity index (χ4v) is 2.99. The van der Waals surface area contributed by atoms with E-state index in [0.29, 0.717) is 19.1 Å². The molecule has 0 bridgehead atoms. The molecule has 1 unspecified atom stereocenters. The van der Waals surface area contributed by atoms with E-state index in [-0.39, 0.29) is 6.04 Å². The van der Waals surface area contributed by atoms with Crippen LogP contribution in [0.15, 0.2) is 29.3 Å². The molecule has 2 rings (SSSR count). The van der Waals surface area contributed by atoms with E-state index in [0.717, 1.165) is 12.5 Å². The van der Waals surface area contributed by atoms with Gasteiger partial charge in [0.05, 0.1) is 13.2 Å². The Morgan fingerprint density at radius 1 is 1.29 bits per heavy atom. The number of nitrogens with two attached hydrogens (primary N) is 1. The summed E-state index contributed by atoms with van der Waals surface area (Å²) in [6.45, 7) is 9.06. The van der Waals surface area contributed by atoms with Crippen LogP contribution in [0.4, 0.5) is 0 Å². The van der Waals surface area contributed by atoms with Gasteiger partial charge in [-0.2, -0.15) is 0 Å². The smallest absolute Gasteiger partial charge is 0.189 e. The van der Waals surface area contributed by atoms with E-state index >= 15 is 0 Å². The number of ether oxygens (including phenoxy) is 1.